The SMILES string of the molecule is Nc1c(Nc2nccs2)ncnc1N1CCC(Cc2ccccc2)CC1. The minimum Gasteiger partial charge on any atom is -0.393 e. The van der Waals surface area contributed by atoms with Crippen molar-refractivity contribution in [2.45, 2.75) is 19.3 Å². The maximum absolute atomic E-state index is 6.34. The minimum absolute atomic E-state index is 0.587. The van der Waals surface area contributed by atoms with Crippen LogP contribution in [0.2, 0.25) is 0 Å². The monoisotopic (exact) mass is 366 g/mol. The maximum atomic E-state index is 6.34. The fraction of sp³-hybridized carbons (Fsp3) is 0.316. The number of piperidine rings is 1. The number of nitrogens with zero attached hydrogens (tertiary/aromatic N) is 4. The Kier molecular flexibility index (Phi) is 4.97. The molecular weight excluding hydrogens is 344 g/mol. The molecule has 1 aliphatic heterocycles. The lowest BCUT2D eigenvalue weighted by Gasteiger charge is -2.33. The molecule has 0 unspecified atom stereocenters. The van der Waals surface area contributed by atoms with E-state index in [-0.39, 0.29) is 0 Å². The van der Waals surface area contributed by atoms with Crippen molar-refractivity contribution in [3.63, 3.8) is 0 Å². The molecule has 7 heteroatoms. The second-order valence-electron chi connectivity index (χ2n) is 6.54. The fourth-order valence-corrected chi connectivity index (χ4v) is 3.95. The molecule has 4 rings (SSSR count). The average molecular weight is 366 g/mol. The molecule has 6 nitrogen and oxygen atoms in total. The van der Waals surface area contributed by atoms with Crippen LogP contribution in [0.4, 0.5) is 22.5 Å². The van der Waals surface area contributed by atoms with Crippen molar-refractivity contribution in [1.82, 2.24) is 15.0 Å². The van der Waals surface area contributed by atoms with Crippen molar-refractivity contribution in [3.8, 4) is 0 Å². The third-order valence-corrected chi connectivity index (χ3v) is 5.49. The summed E-state index contributed by atoms with van der Waals surface area (Å²) in [5.74, 6) is 2.15. The number of benzene rings is 1. The highest BCUT2D eigenvalue weighted by atomic mass is 32.1. The molecule has 3 heterocycles. The van der Waals surface area contributed by atoms with Crippen LogP contribution < -0.4 is 16.0 Å². The van der Waals surface area contributed by atoms with Gasteiger partial charge >= 0.3 is 0 Å². The number of thiazole rings is 1. The highest BCUT2D eigenvalue weighted by Gasteiger charge is 2.23. The van der Waals surface area contributed by atoms with Crippen LogP contribution in [0.25, 0.3) is 0 Å². The second kappa shape index (κ2) is 7.70. The molecule has 1 aromatic carbocycles. The number of nitrogens with two attached hydrogens (primary N) is 1. The maximum Gasteiger partial charge on any atom is 0.188 e. The van der Waals surface area contributed by atoms with Gasteiger partial charge in [0.2, 0.25) is 0 Å². The lowest BCUT2D eigenvalue weighted by molar-refractivity contribution is 0.402. The first kappa shape index (κ1) is 16.8. The summed E-state index contributed by atoms with van der Waals surface area (Å²) in [6.45, 7) is 1.94. The third-order valence-electron chi connectivity index (χ3n) is 4.80. The number of nitrogen functional groups attached to an aromatic ring is 1. The molecule has 2 aromatic heterocycles. The van der Waals surface area contributed by atoms with Crippen LogP contribution in [0.5, 0.6) is 0 Å². The summed E-state index contributed by atoms with van der Waals surface area (Å²) in [5, 5.41) is 5.87. The Balaban J connectivity index is 1.41. The van der Waals surface area contributed by atoms with E-state index in [1.54, 1.807) is 12.5 Å². The van der Waals surface area contributed by atoms with Crippen molar-refractivity contribution in [2.75, 3.05) is 29.0 Å². The van der Waals surface area contributed by atoms with E-state index in [1.165, 1.54) is 16.9 Å². The van der Waals surface area contributed by atoms with E-state index in [0.717, 1.165) is 43.3 Å². The molecular formula is C19H22N6S. The number of hydrogen-bond acceptors (Lipinski definition) is 7. The molecule has 0 aliphatic carbocycles. The lowest BCUT2D eigenvalue weighted by Crippen LogP contribution is -2.35. The molecule has 3 N–H and O–H groups in total. The molecule has 0 bridgehead atoms. The van der Waals surface area contributed by atoms with Crippen LogP contribution in [0.15, 0.2) is 48.2 Å². The van der Waals surface area contributed by atoms with Crippen molar-refractivity contribution < 1.29 is 0 Å². The number of aromatic nitrogens is 3. The smallest absolute Gasteiger partial charge is 0.188 e. The number of anilines is 4. The summed E-state index contributed by atoms with van der Waals surface area (Å²) in [5.41, 5.74) is 8.34. The molecule has 1 saturated heterocycles. The van der Waals surface area contributed by atoms with Gasteiger partial charge in [-0.15, -0.1) is 11.3 Å². The molecule has 26 heavy (non-hydrogen) atoms. The highest BCUT2D eigenvalue weighted by molar-refractivity contribution is 7.13. The molecule has 134 valence electrons. The van der Waals surface area contributed by atoms with Gasteiger partial charge in [0.25, 0.3) is 0 Å². The zero-order valence-electron chi connectivity index (χ0n) is 14.5. The van der Waals surface area contributed by atoms with Gasteiger partial charge in [-0.25, -0.2) is 15.0 Å². The fourth-order valence-electron chi connectivity index (χ4n) is 3.42. The molecule has 1 fully saturated rings. The number of rotatable bonds is 5. The van der Waals surface area contributed by atoms with Crippen molar-refractivity contribution >= 4 is 33.8 Å². The van der Waals surface area contributed by atoms with Gasteiger partial charge in [0.15, 0.2) is 16.8 Å². The quantitative estimate of drug-likeness (QED) is 0.716. The topological polar surface area (TPSA) is 80.0 Å². The summed E-state index contributed by atoms with van der Waals surface area (Å²) >= 11 is 1.52. The molecule has 1 aliphatic rings. The first-order valence-electron chi connectivity index (χ1n) is 8.85. The normalized spacial score (nSPS) is 15.2. The predicted octanol–water partition coefficient (Wildman–Crippen LogP) is 3.72. The summed E-state index contributed by atoms with van der Waals surface area (Å²) < 4.78 is 0. The Morgan fingerprint density at radius 3 is 2.65 bits per heavy atom. The second-order valence-corrected chi connectivity index (χ2v) is 7.44. The van der Waals surface area contributed by atoms with Crippen LogP contribution in [0, 0.1) is 5.92 Å². The molecule has 3 aromatic rings. The van der Waals surface area contributed by atoms with Crippen molar-refractivity contribution in [2.24, 2.45) is 5.92 Å². The van der Waals surface area contributed by atoms with Crippen molar-refractivity contribution in [1.29, 1.82) is 0 Å². The van der Waals surface area contributed by atoms with E-state index in [0.29, 0.717) is 17.4 Å². The van der Waals surface area contributed by atoms with E-state index in [4.69, 9.17) is 5.73 Å². The summed E-state index contributed by atoms with van der Waals surface area (Å²) in [7, 11) is 0. The first-order chi connectivity index (χ1) is 12.8. The Labute approximate surface area is 157 Å². The summed E-state index contributed by atoms with van der Waals surface area (Å²) in [6, 6.07) is 10.7. The largest absolute Gasteiger partial charge is 0.393 e. The van der Waals surface area contributed by atoms with E-state index in [2.05, 4.69) is 55.5 Å². The Morgan fingerprint density at radius 1 is 1.12 bits per heavy atom. The molecule has 0 atom stereocenters. The number of hydrogen-bond donors (Lipinski definition) is 2. The van der Waals surface area contributed by atoms with Crippen LogP contribution >= 0.6 is 11.3 Å². The van der Waals surface area contributed by atoms with Gasteiger partial charge in [-0.2, -0.15) is 0 Å². The highest BCUT2D eigenvalue weighted by Crippen LogP contribution is 2.32. The molecule has 0 saturated carbocycles. The van der Waals surface area contributed by atoms with E-state index in [9.17, 15) is 0 Å². The van der Waals surface area contributed by atoms with Gasteiger partial charge in [0.05, 0.1) is 0 Å². The van der Waals surface area contributed by atoms with Crippen LogP contribution in [0.3, 0.4) is 0 Å². The molecule has 0 radical (unpaired) electrons. The molecule has 0 amide bonds. The van der Waals surface area contributed by atoms with Crippen LogP contribution in [-0.2, 0) is 6.42 Å². The van der Waals surface area contributed by atoms with Gasteiger partial charge in [0, 0.05) is 24.7 Å². The van der Waals surface area contributed by atoms with Crippen LogP contribution in [-0.4, -0.2) is 28.0 Å². The molecule has 0 spiro atoms. The minimum atomic E-state index is 0.587. The summed E-state index contributed by atoms with van der Waals surface area (Å²) in [6.07, 6.45) is 6.76. The van der Waals surface area contributed by atoms with Gasteiger partial charge in [0.1, 0.15) is 12.0 Å². The zero-order valence-corrected chi connectivity index (χ0v) is 15.3. The Morgan fingerprint density at radius 2 is 1.92 bits per heavy atom. The third kappa shape index (κ3) is 3.77. The van der Waals surface area contributed by atoms with Gasteiger partial charge in [-0.1, -0.05) is 30.3 Å². The van der Waals surface area contributed by atoms with Crippen LogP contribution in [0.1, 0.15) is 18.4 Å². The van der Waals surface area contributed by atoms with Crippen molar-refractivity contribution in [3.05, 3.63) is 53.8 Å². The van der Waals surface area contributed by atoms with Gasteiger partial charge < -0.3 is 16.0 Å². The first-order valence-corrected chi connectivity index (χ1v) is 9.73. The lowest BCUT2D eigenvalue weighted by atomic mass is 9.90. The van der Waals surface area contributed by atoms with Gasteiger partial charge in [-0.3, -0.25) is 0 Å². The predicted molar refractivity (Wildman–Crippen MR) is 107 cm³/mol. The number of nitrogens with one attached hydrogen (secondary N) is 1. The van der Waals surface area contributed by atoms with Gasteiger partial charge in [-0.05, 0) is 30.7 Å². The average Bonchev–Trinajstić information content (AvgIpc) is 3.18. The summed E-state index contributed by atoms with van der Waals surface area (Å²) in [4.78, 5) is 15.2. The van der Waals surface area contributed by atoms with E-state index in [1.807, 2.05) is 5.38 Å². The Hall–Kier alpha value is -2.67. The zero-order chi connectivity index (χ0) is 17.8. The van der Waals surface area contributed by atoms with E-state index < -0.39 is 0 Å². The van der Waals surface area contributed by atoms with E-state index >= 15 is 0 Å². The standard InChI is InChI=1S/C19H22N6S/c20-16-17(24-19-21-8-11-26-19)22-13-23-18(16)25-9-6-15(7-10-25)12-14-4-2-1-3-5-14/h1-5,8,11,13,15H,6-7,9-10,12,20H2,(H,21,22,23,24). The Bertz CT molecular complexity index is 829.